The molecule has 3 rings (SSSR count). The Hall–Kier alpha value is -0.450. The minimum Gasteiger partial charge on any atom is -0.339 e. The van der Waals surface area contributed by atoms with Crippen LogP contribution in [0.25, 0.3) is 0 Å². The maximum atomic E-state index is 3.78. The molecule has 2 aromatic rings. The number of nitrogens with zero attached hydrogens (tertiary/aromatic N) is 1. The van der Waals surface area contributed by atoms with Gasteiger partial charge in [0.2, 0.25) is 0 Å². The fourth-order valence-electron chi connectivity index (χ4n) is 2.79. The molecule has 0 saturated heterocycles. The number of halogens is 2. The molecule has 1 aliphatic rings. The van der Waals surface area contributed by atoms with E-state index in [1.807, 2.05) is 11.8 Å². The minimum absolute atomic E-state index is 1.07. The number of benzene rings is 2. The molecule has 0 unspecified atom stereocenters. The molecule has 22 heavy (non-hydrogen) atoms. The summed E-state index contributed by atoms with van der Waals surface area (Å²) >= 11 is 9.29. The summed E-state index contributed by atoms with van der Waals surface area (Å²) in [5.74, 6) is 0. The van der Waals surface area contributed by atoms with Gasteiger partial charge in [-0.05, 0) is 62.5 Å². The molecule has 0 aromatic heterocycles. The number of fused-ring (bicyclic) bond motifs is 2. The molecule has 0 atom stereocenters. The molecule has 1 nitrogen and oxygen atoms in total. The van der Waals surface area contributed by atoms with Crippen LogP contribution in [0.15, 0.2) is 55.1 Å². The van der Waals surface area contributed by atoms with Gasteiger partial charge in [-0.15, -0.1) is 0 Å². The zero-order chi connectivity index (χ0) is 15.5. The number of rotatable bonds is 5. The molecule has 0 amide bonds. The van der Waals surface area contributed by atoms with Crippen LogP contribution in [0.4, 0.5) is 11.4 Å². The molecule has 0 bridgehead atoms. The summed E-state index contributed by atoms with van der Waals surface area (Å²) in [5.41, 5.74) is 2.63. The quantitative estimate of drug-likeness (QED) is 0.445. The molecular weight excluding hydrogens is 422 g/mol. The van der Waals surface area contributed by atoms with E-state index in [-0.39, 0.29) is 0 Å². The highest BCUT2D eigenvalue weighted by Crippen LogP contribution is 2.52. The summed E-state index contributed by atoms with van der Waals surface area (Å²) in [5, 5.41) is 0. The van der Waals surface area contributed by atoms with E-state index in [9.17, 15) is 0 Å². The topological polar surface area (TPSA) is 3.24 Å². The zero-order valence-electron chi connectivity index (χ0n) is 12.6. The summed E-state index contributed by atoms with van der Waals surface area (Å²) < 4.78 is 2.27. The third-order valence-electron chi connectivity index (χ3n) is 3.91. The lowest BCUT2D eigenvalue weighted by molar-refractivity contribution is 0.665. The first-order valence-electron chi connectivity index (χ1n) is 7.74. The van der Waals surface area contributed by atoms with Gasteiger partial charge in [-0.2, -0.15) is 0 Å². The second kappa shape index (κ2) is 7.41. The number of unbranched alkanes of at least 4 members (excludes halogenated alkanes) is 3. The molecular formula is C18H19Br2NS. The van der Waals surface area contributed by atoms with Crippen LogP contribution < -0.4 is 4.90 Å². The van der Waals surface area contributed by atoms with Crippen molar-refractivity contribution in [2.75, 3.05) is 11.4 Å². The van der Waals surface area contributed by atoms with E-state index in [1.54, 1.807) is 0 Å². The van der Waals surface area contributed by atoms with E-state index in [2.05, 4.69) is 80.1 Å². The fraction of sp³-hybridized carbons (Fsp3) is 0.333. The lowest BCUT2D eigenvalue weighted by atomic mass is 10.1. The highest BCUT2D eigenvalue weighted by molar-refractivity contribution is 9.13. The first-order valence-corrected chi connectivity index (χ1v) is 10.1. The highest BCUT2D eigenvalue weighted by atomic mass is 79.9. The molecule has 0 aliphatic carbocycles. The smallest absolute Gasteiger partial charge is 0.0708 e. The first kappa shape index (κ1) is 16.4. The van der Waals surface area contributed by atoms with Crippen molar-refractivity contribution in [1.82, 2.24) is 0 Å². The van der Waals surface area contributed by atoms with Gasteiger partial charge in [0.25, 0.3) is 0 Å². The van der Waals surface area contributed by atoms with Crippen molar-refractivity contribution in [3.05, 3.63) is 45.3 Å². The van der Waals surface area contributed by atoms with Gasteiger partial charge in [-0.3, -0.25) is 0 Å². The lowest BCUT2D eigenvalue weighted by Gasteiger charge is -2.34. The monoisotopic (exact) mass is 439 g/mol. The second-order valence-corrected chi connectivity index (χ2v) is 8.22. The minimum atomic E-state index is 1.07. The van der Waals surface area contributed by atoms with Crippen molar-refractivity contribution in [2.24, 2.45) is 0 Å². The Bertz CT molecular complexity index is 672. The second-order valence-electron chi connectivity index (χ2n) is 5.49. The molecule has 4 heteroatoms. The maximum absolute atomic E-state index is 3.78. The number of hydrogen-bond donors (Lipinski definition) is 0. The third kappa shape index (κ3) is 3.24. The van der Waals surface area contributed by atoms with E-state index in [1.165, 1.54) is 46.8 Å². The number of hydrogen-bond acceptors (Lipinski definition) is 2. The summed E-state index contributed by atoms with van der Waals surface area (Å²) in [7, 11) is 0. The van der Waals surface area contributed by atoms with Crippen LogP contribution >= 0.6 is 43.6 Å². The summed E-state index contributed by atoms with van der Waals surface area (Å²) in [4.78, 5) is 5.15. The van der Waals surface area contributed by atoms with E-state index >= 15 is 0 Å². The van der Waals surface area contributed by atoms with E-state index in [4.69, 9.17) is 0 Å². The summed E-state index contributed by atoms with van der Waals surface area (Å²) in [6.07, 6.45) is 5.11. The largest absolute Gasteiger partial charge is 0.339 e. The predicted molar refractivity (Wildman–Crippen MR) is 104 cm³/mol. The molecule has 116 valence electrons. The van der Waals surface area contributed by atoms with Crippen molar-refractivity contribution < 1.29 is 0 Å². The van der Waals surface area contributed by atoms with Gasteiger partial charge in [-0.25, -0.2) is 0 Å². The van der Waals surface area contributed by atoms with Gasteiger partial charge in [0, 0.05) is 20.8 Å². The molecule has 2 aromatic carbocycles. The Kier molecular flexibility index (Phi) is 5.53. The molecule has 0 radical (unpaired) electrons. The zero-order valence-corrected chi connectivity index (χ0v) is 16.6. The Morgan fingerprint density at radius 2 is 1.77 bits per heavy atom. The van der Waals surface area contributed by atoms with Crippen LogP contribution in [-0.4, -0.2) is 6.54 Å². The standard InChI is InChI=1S/C18H19Br2NS/c1-2-3-4-7-12-21-14-8-5-6-9-15(14)22-16-11-10-13(19)17(20)18(16)21/h5-6,8-11H,2-4,7,12H2,1H3. The van der Waals surface area contributed by atoms with Gasteiger partial charge < -0.3 is 4.90 Å². The van der Waals surface area contributed by atoms with Gasteiger partial charge in [0.1, 0.15) is 0 Å². The van der Waals surface area contributed by atoms with Crippen molar-refractivity contribution in [3.63, 3.8) is 0 Å². The maximum Gasteiger partial charge on any atom is 0.0708 e. The molecule has 0 spiro atoms. The SMILES string of the molecule is CCCCCCN1c2ccccc2Sc2ccc(Br)c(Br)c21. The summed E-state index contributed by atoms with van der Waals surface area (Å²) in [6.45, 7) is 3.33. The molecule has 1 aliphatic heterocycles. The Balaban J connectivity index is 1.97. The summed E-state index contributed by atoms with van der Waals surface area (Å²) in [6, 6.07) is 13.1. The third-order valence-corrected chi connectivity index (χ3v) is 7.02. The normalized spacial score (nSPS) is 13.0. The van der Waals surface area contributed by atoms with Crippen LogP contribution in [0.1, 0.15) is 32.6 Å². The molecule has 0 fully saturated rings. The Morgan fingerprint density at radius 3 is 2.59 bits per heavy atom. The van der Waals surface area contributed by atoms with Gasteiger partial charge in [0.15, 0.2) is 0 Å². The molecule has 0 N–H and O–H groups in total. The van der Waals surface area contributed by atoms with Gasteiger partial charge in [-0.1, -0.05) is 50.1 Å². The van der Waals surface area contributed by atoms with E-state index in [0.29, 0.717) is 0 Å². The van der Waals surface area contributed by atoms with Crippen LogP contribution in [0.3, 0.4) is 0 Å². The Morgan fingerprint density at radius 1 is 0.955 bits per heavy atom. The van der Waals surface area contributed by atoms with Crippen molar-refractivity contribution >= 4 is 55.0 Å². The number of para-hydroxylation sites is 1. The average Bonchev–Trinajstić information content (AvgIpc) is 2.54. The van der Waals surface area contributed by atoms with E-state index in [0.717, 1.165) is 15.5 Å². The lowest BCUT2D eigenvalue weighted by Crippen LogP contribution is -2.22. The van der Waals surface area contributed by atoms with Crippen molar-refractivity contribution in [1.29, 1.82) is 0 Å². The highest BCUT2D eigenvalue weighted by Gasteiger charge is 2.25. The van der Waals surface area contributed by atoms with Gasteiger partial charge >= 0.3 is 0 Å². The van der Waals surface area contributed by atoms with Crippen molar-refractivity contribution in [2.45, 2.75) is 42.4 Å². The van der Waals surface area contributed by atoms with Crippen molar-refractivity contribution in [3.8, 4) is 0 Å². The average molecular weight is 441 g/mol. The predicted octanol–water partition coefficient (Wildman–Crippen LogP) is 7.39. The van der Waals surface area contributed by atoms with Crippen LogP contribution in [0.5, 0.6) is 0 Å². The Labute approximate surface area is 153 Å². The first-order chi connectivity index (χ1) is 10.7. The van der Waals surface area contributed by atoms with E-state index < -0.39 is 0 Å². The molecule has 1 heterocycles. The molecule has 0 saturated carbocycles. The fourth-order valence-corrected chi connectivity index (χ4v) is 4.91. The van der Waals surface area contributed by atoms with Crippen LogP contribution in [0, 0.1) is 0 Å². The van der Waals surface area contributed by atoms with Crippen LogP contribution in [-0.2, 0) is 0 Å². The van der Waals surface area contributed by atoms with Crippen LogP contribution in [0.2, 0.25) is 0 Å². The van der Waals surface area contributed by atoms with Gasteiger partial charge in [0.05, 0.1) is 15.8 Å². The number of anilines is 2.